The highest BCUT2D eigenvalue weighted by Gasteiger charge is 2.23. The van der Waals surface area contributed by atoms with Crippen molar-refractivity contribution >= 4 is 16.3 Å². The number of nitrogens with zero attached hydrogens (tertiary/aromatic N) is 5. The van der Waals surface area contributed by atoms with Crippen LogP contribution < -0.4 is 0 Å². The summed E-state index contributed by atoms with van der Waals surface area (Å²) in [6.45, 7) is 5.29. The van der Waals surface area contributed by atoms with E-state index >= 15 is 0 Å². The van der Waals surface area contributed by atoms with Gasteiger partial charge in [-0.2, -0.15) is 0 Å². The molecule has 1 aliphatic heterocycles. The molecule has 6 heteroatoms. The number of piperidine rings is 1. The number of aryl methyl sites for hydroxylation is 1. The first-order valence-electron chi connectivity index (χ1n) is 7.70. The maximum absolute atomic E-state index is 4.65. The van der Waals surface area contributed by atoms with Crippen LogP contribution in [0.1, 0.15) is 35.8 Å². The van der Waals surface area contributed by atoms with Crippen LogP contribution in [-0.2, 0) is 6.54 Å². The molecule has 3 aromatic rings. The Bertz CT molecular complexity index is 763. The van der Waals surface area contributed by atoms with Crippen molar-refractivity contribution < 1.29 is 0 Å². The standard InChI is InChI=1S/C16H19N5S/c1-12-15(21-7-8-22-16(21)19-12)10-20-6-2-3-13(9-20)14-4-5-17-11-18-14/h4-5,7-8,11,13H,2-3,6,9-10H2,1H3/t13-/m0/s1. The molecule has 0 amide bonds. The van der Waals surface area contributed by atoms with Gasteiger partial charge in [-0.15, -0.1) is 11.3 Å². The summed E-state index contributed by atoms with van der Waals surface area (Å²) in [6.07, 6.45) is 8.06. The lowest BCUT2D eigenvalue weighted by Gasteiger charge is -2.32. The van der Waals surface area contributed by atoms with Crippen LogP contribution in [0.15, 0.2) is 30.2 Å². The minimum atomic E-state index is 0.517. The van der Waals surface area contributed by atoms with E-state index < -0.39 is 0 Å². The van der Waals surface area contributed by atoms with E-state index in [1.807, 2.05) is 6.20 Å². The molecule has 0 unspecified atom stereocenters. The maximum atomic E-state index is 4.65. The second kappa shape index (κ2) is 5.78. The fourth-order valence-electron chi connectivity index (χ4n) is 3.33. The highest BCUT2D eigenvalue weighted by Crippen LogP contribution is 2.27. The molecule has 0 aliphatic carbocycles. The Labute approximate surface area is 133 Å². The molecule has 3 aromatic heterocycles. The van der Waals surface area contributed by atoms with Gasteiger partial charge in [-0.1, -0.05) is 0 Å². The molecule has 0 radical (unpaired) electrons. The fraction of sp³-hybridized carbons (Fsp3) is 0.438. The van der Waals surface area contributed by atoms with Gasteiger partial charge in [-0.25, -0.2) is 15.0 Å². The van der Waals surface area contributed by atoms with Crippen LogP contribution in [0.5, 0.6) is 0 Å². The molecule has 1 atom stereocenters. The Hall–Kier alpha value is -1.79. The lowest BCUT2D eigenvalue weighted by molar-refractivity contribution is 0.195. The normalized spacial score (nSPS) is 19.8. The van der Waals surface area contributed by atoms with Gasteiger partial charge in [0.1, 0.15) is 6.33 Å². The predicted molar refractivity (Wildman–Crippen MR) is 87.1 cm³/mol. The first-order chi connectivity index (χ1) is 10.8. The second-order valence-corrected chi connectivity index (χ2v) is 6.78. The molecule has 4 rings (SSSR count). The summed E-state index contributed by atoms with van der Waals surface area (Å²) in [7, 11) is 0. The van der Waals surface area contributed by atoms with Gasteiger partial charge < -0.3 is 0 Å². The van der Waals surface area contributed by atoms with Crippen molar-refractivity contribution in [1.29, 1.82) is 0 Å². The molecule has 1 fully saturated rings. The minimum absolute atomic E-state index is 0.517. The van der Waals surface area contributed by atoms with Gasteiger partial charge in [-0.05, 0) is 32.4 Å². The topological polar surface area (TPSA) is 46.3 Å². The van der Waals surface area contributed by atoms with E-state index in [-0.39, 0.29) is 0 Å². The fourth-order valence-corrected chi connectivity index (χ4v) is 4.10. The zero-order chi connectivity index (χ0) is 14.9. The van der Waals surface area contributed by atoms with Crippen LogP contribution in [0, 0.1) is 6.92 Å². The Morgan fingerprint density at radius 3 is 3.23 bits per heavy atom. The zero-order valence-corrected chi connectivity index (χ0v) is 13.5. The van der Waals surface area contributed by atoms with Gasteiger partial charge in [0.05, 0.1) is 11.4 Å². The van der Waals surface area contributed by atoms with Gasteiger partial charge in [0, 0.05) is 42.5 Å². The maximum Gasteiger partial charge on any atom is 0.194 e. The van der Waals surface area contributed by atoms with Gasteiger partial charge in [-0.3, -0.25) is 9.30 Å². The number of fused-ring (bicyclic) bond motifs is 1. The number of aromatic nitrogens is 4. The third-order valence-corrected chi connectivity index (χ3v) is 5.22. The first kappa shape index (κ1) is 13.8. The van der Waals surface area contributed by atoms with E-state index in [1.165, 1.54) is 24.2 Å². The summed E-state index contributed by atoms with van der Waals surface area (Å²) >= 11 is 1.70. The lowest BCUT2D eigenvalue weighted by atomic mass is 9.94. The van der Waals surface area contributed by atoms with E-state index in [0.717, 1.165) is 30.3 Å². The van der Waals surface area contributed by atoms with Crippen LogP contribution in [0.4, 0.5) is 0 Å². The molecule has 0 spiro atoms. The summed E-state index contributed by atoms with van der Waals surface area (Å²) in [5.74, 6) is 0.517. The average Bonchev–Trinajstić information content (AvgIpc) is 3.11. The van der Waals surface area contributed by atoms with Crippen molar-refractivity contribution in [3.05, 3.63) is 47.2 Å². The lowest BCUT2D eigenvalue weighted by Crippen LogP contribution is -2.34. The Balaban J connectivity index is 1.53. The number of hydrogen-bond acceptors (Lipinski definition) is 5. The molecule has 1 saturated heterocycles. The number of imidazole rings is 1. The number of hydrogen-bond donors (Lipinski definition) is 0. The quantitative estimate of drug-likeness (QED) is 0.746. The largest absolute Gasteiger partial charge is 0.297 e. The van der Waals surface area contributed by atoms with E-state index in [2.05, 4.69) is 48.8 Å². The molecule has 5 nitrogen and oxygen atoms in total. The Kier molecular flexibility index (Phi) is 3.63. The van der Waals surface area contributed by atoms with Crippen molar-refractivity contribution in [2.24, 2.45) is 0 Å². The van der Waals surface area contributed by atoms with Crippen molar-refractivity contribution in [3.63, 3.8) is 0 Å². The van der Waals surface area contributed by atoms with Crippen LogP contribution in [0.2, 0.25) is 0 Å². The number of likely N-dealkylation sites (tertiary alicyclic amines) is 1. The van der Waals surface area contributed by atoms with Crippen LogP contribution in [0.3, 0.4) is 0 Å². The molecule has 22 heavy (non-hydrogen) atoms. The summed E-state index contributed by atoms with van der Waals surface area (Å²) in [4.78, 5) is 16.7. The predicted octanol–water partition coefficient (Wildman–Crippen LogP) is 2.87. The molecule has 0 aromatic carbocycles. The molecule has 0 N–H and O–H groups in total. The monoisotopic (exact) mass is 313 g/mol. The Morgan fingerprint density at radius 2 is 2.36 bits per heavy atom. The highest BCUT2D eigenvalue weighted by molar-refractivity contribution is 7.15. The van der Waals surface area contributed by atoms with E-state index in [4.69, 9.17) is 0 Å². The van der Waals surface area contributed by atoms with Crippen LogP contribution in [-0.4, -0.2) is 37.3 Å². The van der Waals surface area contributed by atoms with E-state index in [9.17, 15) is 0 Å². The smallest absolute Gasteiger partial charge is 0.194 e. The van der Waals surface area contributed by atoms with Gasteiger partial charge in [0.25, 0.3) is 0 Å². The first-order valence-corrected chi connectivity index (χ1v) is 8.58. The summed E-state index contributed by atoms with van der Waals surface area (Å²) < 4.78 is 2.23. The summed E-state index contributed by atoms with van der Waals surface area (Å²) in [6, 6.07) is 2.05. The number of thiazole rings is 1. The van der Waals surface area contributed by atoms with E-state index in [0.29, 0.717) is 5.92 Å². The SMILES string of the molecule is Cc1nc2sccn2c1CN1CCC[C@H](c2ccncn2)C1. The van der Waals surface area contributed by atoms with Crippen molar-refractivity contribution in [1.82, 2.24) is 24.3 Å². The summed E-state index contributed by atoms with van der Waals surface area (Å²) in [5.41, 5.74) is 3.64. The Morgan fingerprint density at radius 1 is 1.41 bits per heavy atom. The zero-order valence-electron chi connectivity index (χ0n) is 12.6. The third-order valence-electron chi connectivity index (χ3n) is 4.46. The molecular formula is C16H19N5S. The molecule has 0 saturated carbocycles. The summed E-state index contributed by atoms with van der Waals surface area (Å²) in [5, 5.41) is 2.10. The third kappa shape index (κ3) is 2.53. The molecule has 4 heterocycles. The highest BCUT2D eigenvalue weighted by atomic mass is 32.1. The van der Waals surface area contributed by atoms with Crippen molar-refractivity contribution in [2.75, 3.05) is 13.1 Å². The molecule has 114 valence electrons. The second-order valence-electron chi connectivity index (χ2n) is 5.91. The van der Waals surface area contributed by atoms with Crippen molar-refractivity contribution in [3.8, 4) is 0 Å². The molecule has 1 aliphatic rings. The van der Waals surface area contributed by atoms with Crippen LogP contribution >= 0.6 is 11.3 Å². The average molecular weight is 313 g/mol. The van der Waals surface area contributed by atoms with Crippen LogP contribution in [0.25, 0.3) is 4.96 Å². The van der Waals surface area contributed by atoms with E-state index in [1.54, 1.807) is 17.7 Å². The minimum Gasteiger partial charge on any atom is -0.297 e. The number of rotatable bonds is 3. The van der Waals surface area contributed by atoms with Crippen molar-refractivity contribution in [2.45, 2.75) is 32.2 Å². The van der Waals surface area contributed by atoms with Gasteiger partial charge >= 0.3 is 0 Å². The van der Waals surface area contributed by atoms with Gasteiger partial charge in [0.2, 0.25) is 0 Å². The molecular weight excluding hydrogens is 294 g/mol. The van der Waals surface area contributed by atoms with Gasteiger partial charge in [0.15, 0.2) is 4.96 Å². The molecule has 0 bridgehead atoms.